The minimum atomic E-state index is 0.0178. The second-order valence-electron chi connectivity index (χ2n) is 6.00. The fraction of sp³-hybridized carbons (Fsp3) is 0.588. The van der Waals surface area contributed by atoms with Crippen molar-refractivity contribution in [2.24, 2.45) is 5.92 Å². The maximum absolute atomic E-state index is 11.7. The van der Waals surface area contributed by atoms with Gasteiger partial charge in [-0.3, -0.25) is 4.79 Å². The normalized spacial score (nSPS) is 16.3. The molecule has 1 aromatic rings. The second-order valence-corrected chi connectivity index (χ2v) is 6.00. The lowest BCUT2D eigenvalue weighted by Gasteiger charge is -2.27. The summed E-state index contributed by atoms with van der Waals surface area (Å²) in [5.74, 6) is 1.07. The Hall–Kier alpha value is -1.55. The number of phenolic OH excluding ortho intramolecular Hbond substituents is 1. The number of rotatable bonds is 7. The smallest absolute Gasteiger partial charge is 0.224 e. The van der Waals surface area contributed by atoms with Gasteiger partial charge in [-0.1, -0.05) is 13.3 Å². The van der Waals surface area contributed by atoms with E-state index in [-0.39, 0.29) is 17.7 Å². The predicted molar refractivity (Wildman–Crippen MR) is 85.4 cm³/mol. The third-order valence-corrected chi connectivity index (χ3v) is 4.19. The molecular formula is C17H26N2O2. The average molecular weight is 290 g/mol. The fourth-order valence-electron chi connectivity index (χ4n) is 2.58. The molecule has 2 rings (SSSR count). The minimum Gasteiger partial charge on any atom is -0.508 e. The summed E-state index contributed by atoms with van der Waals surface area (Å²) in [6.07, 6.45) is 5.30. The highest BCUT2D eigenvalue weighted by atomic mass is 16.3. The van der Waals surface area contributed by atoms with E-state index in [1.807, 2.05) is 19.9 Å². The van der Waals surface area contributed by atoms with Crippen LogP contribution in [0.1, 0.15) is 57.6 Å². The van der Waals surface area contributed by atoms with E-state index < -0.39 is 0 Å². The van der Waals surface area contributed by atoms with E-state index in [9.17, 15) is 9.90 Å². The van der Waals surface area contributed by atoms with Crippen LogP contribution in [0.3, 0.4) is 0 Å². The maximum Gasteiger partial charge on any atom is 0.224 e. The first-order valence-electron chi connectivity index (χ1n) is 7.96. The Bertz CT molecular complexity index is 484. The van der Waals surface area contributed by atoms with Gasteiger partial charge in [0.05, 0.1) is 0 Å². The van der Waals surface area contributed by atoms with E-state index >= 15 is 0 Å². The van der Waals surface area contributed by atoms with Crippen LogP contribution in [0.2, 0.25) is 0 Å². The monoisotopic (exact) mass is 290 g/mol. The van der Waals surface area contributed by atoms with Gasteiger partial charge in [0.2, 0.25) is 5.91 Å². The van der Waals surface area contributed by atoms with Crippen molar-refractivity contribution in [3.05, 3.63) is 23.8 Å². The number of benzene rings is 1. The molecule has 0 saturated heterocycles. The molecule has 1 aliphatic rings. The van der Waals surface area contributed by atoms with Crippen LogP contribution in [0.25, 0.3) is 0 Å². The van der Waals surface area contributed by atoms with Gasteiger partial charge in [0.15, 0.2) is 0 Å². The van der Waals surface area contributed by atoms with E-state index in [1.54, 1.807) is 12.1 Å². The number of phenols is 1. The van der Waals surface area contributed by atoms with E-state index in [1.165, 1.54) is 19.3 Å². The molecule has 0 heterocycles. The molecule has 0 aliphatic heterocycles. The number of hydrogen-bond donors (Lipinski definition) is 3. The Labute approximate surface area is 126 Å². The highest BCUT2D eigenvalue weighted by Crippen LogP contribution is 2.29. The maximum atomic E-state index is 11.7. The first kappa shape index (κ1) is 15.8. The molecule has 1 unspecified atom stereocenters. The zero-order valence-electron chi connectivity index (χ0n) is 13.0. The summed E-state index contributed by atoms with van der Waals surface area (Å²) in [5.41, 5.74) is 1.59. The summed E-state index contributed by atoms with van der Waals surface area (Å²) >= 11 is 0. The molecule has 1 atom stereocenters. The zero-order chi connectivity index (χ0) is 15.2. The molecule has 0 bridgehead atoms. The van der Waals surface area contributed by atoms with Crippen LogP contribution in [0.15, 0.2) is 18.2 Å². The van der Waals surface area contributed by atoms with Crippen molar-refractivity contribution in [3.63, 3.8) is 0 Å². The molecule has 3 N–H and O–H groups in total. The molecule has 1 aliphatic carbocycles. The van der Waals surface area contributed by atoms with Gasteiger partial charge in [-0.25, -0.2) is 0 Å². The van der Waals surface area contributed by atoms with Crippen molar-refractivity contribution >= 4 is 11.6 Å². The standard InChI is InChI=1S/C17H26N2O2/c1-3-5-17(21)19-14-8-9-16(20)15(10-14)12(2)18-11-13-6-4-7-13/h8-10,12-13,18,20H,3-7,11H2,1-2H3,(H,19,21). The van der Waals surface area contributed by atoms with Crippen molar-refractivity contribution in [3.8, 4) is 5.75 Å². The Kier molecular flexibility index (Phi) is 5.62. The van der Waals surface area contributed by atoms with Gasteiger partial charge in [-0.2, -0.15) is 0 Å². The molecule has 116 valence electrons. The Balaban J connectivity index is 1.97. The predicted octanol–water partition coefficient (Wildman–Crippen LogP) is 3.58. The highest BCUT2D eigenvalue weighted by molar-refractivity contribution is 5.90. The van der Waals surface area contributed by atoms with E-state index in [4.69, 9.17) is 0 Å². The molecule has 4 nitrogen and oxygen atoms in total. The summed E-state index contributed by atoms with van der Waals surface area (Å²) in [5, 5.41) is 16.4. The van der Waals surface area contributed by atoms with Gasteiger partial charge in [0, 0.05) is 23.7 Å². The first-order chi connectivity index (χ1) is 10.1. The molecule has 0 spiro atoms. The van der Waals surface area contributed by atoms with Gasteiger partial charge in [0.1, 0.15) is 5.75 Å². The first-order valence-corrected chi connectivity index (χ1v) is 7.96. The van der Waals surface area contributed by atoms with Crippen LogP contribution in [-0.2, 0) is 4.79 Å². The highest BCUT2D eigenvalue weighted by Gasteiger charge is 2.19. The number of anilines is 1. The van der Waals surface area contributed by atoms with E-state index in [0.717, 1.165) is 30.1 Å². The molecule has 1 amide bonds. The van der Waals surface area contributed by atoms with Gasteiger partial charge in [0.25, 0.3) is 0 Å². The summed E-state index contributed by atoms with van der Waals surface area (Å²) in [6, 6.07) is 5.33. The van der Waals surface area contributed by atoms with Crippen molar-refractivity contribution in [2.75, 3.05) is 11.9 Å². The lowest BCUT2D eigenvalue weighted by atomic mass is 9.85. The van der Waals surface area contributed by atoms with Crippen molar-refractivity contribution < 1.29 is 9.90 Å². The Morgan fingerprint density at radius 2 is 2.19 bits per heavy atom. The number of carbonyl (C=O) groups excluding carboxylic acids is 1. The Morgan fingerprint density at radius 3 is 2.81 bits per heavy atom. The van der Waals surface area contributed by atoms with Gasteiger partial charge in [-0.15, -0.1) is 0 Å². The van der Waals surface area contributed by atoms with Crippen molar-refractivity contribution in [1.29, 1.82) is 0 Å². The van der Waals surface area contributed by atoms with Gasteiger partial charge >= 0.3 is 0 Å². The lowest BCUT2D eigenvalue weighted by Crippen LogP contribution is -2.29. The molecule has 0 aromatic heterocycles. The second kappa shape index (κ2) is 7.46. The molecule has 21 heavy (non-hydrogen) atoms. The SMILES string of the molecule is CCCC(=O)Nc1ccc(O)c(C(C)NCC2CCC2)c1. The van der Waals surface area contributed by atoms with Crippen molar-refractivity contribution in [1.82, 2.24) is 5.32 Å². The largest absolute Gasteiger partial charge is 0.508 e. The molecule has 1 fully saturated rings. The zero-order valence-corrected chi connectivity index (χ0v) is 13.0. The quantitative estimate of drug-likeness (QED) is 0.673. The van der Waals surface area contributed by atoms with E-state index in [2.05, 4.69) is 10.6 Å². The number of nitrogens with one attached hydrogen (secondary N) is 2. The molecule has 0 radical (unpaired) electrons. The minimum absolute atomic E-state index is 0.0178. The summed E-state index contributed by atoms with van der Waals surface area (Å²) in [4.78, 5) is 11.7. The van der Waals surface area contributed by atoms with Gasteiger partial charge < -0.3 is 15.7 Å². The van der Waals surface area contributed by atoms with Crippen LogP contribution in [0, 0.1) is 5.92 Å². The van der Waals surface area contributed by atoms with Crippen LogP contribution in [0.5, 0.6) is 5.75 Å². The fourth-order valence-corrected chi connectivity index (χ4v) is 2.58. The van der Waals surface area contributed by atoms with E-state index in [0.29, 0.717) is 6.42 Å². The summed E-state index contributed by atoms with van der Waals surface area (Å²) < 4.78 is 0. The summed E-state index contributed by atoms with van der Waals surface area (Å²) in [6.45, 7) is 5.02. The molecule has 4 heteroatoms. The third-order valence-electron chi connectivity index (χ3n) is 4.19. The summed E-state index contributed by atoms with van der Waals surface area (Å²) in [7, 11) is 0. The van der Waals surface area contributed by atoms with Crippen LogP contribution >= 0.6 is 0 Å². The third kappa shape index (κ3) is 4.46. The van der Waals surface area contributed by atoms with Crippen LogP contribution in [0.4, 0.5) is 5.69 Å². The number of carbonyl (C=O) groups is 1. The Morgan fingerprint density at radius 1 is 1.43 bits per heavy atom. The van der Waals surface area contributed by atoms with Gasteiger partial charge in [-0.05, 0) is 56.8 Å². The molecular weight excluding hydrogens is 264 g/mol. The molecule has 1 aromatic carbocycles. The lowest BCUT2D eigenvalue weighted by molar-refractivity contribution is -0.116. The molecule has 1 saturated carbocycles. The number of amides is 1. The number of aromatic hydroxyl groups is 1. The van der Waals surface area contributed by atoms with Crippen molar-refractivity contribution in [2.45, 2.75) is 52.0 Å². The van der Waals surface area contributed by atoms with Crippen LogP contribution in [-0.4, -0.2) is 17.6 Å². The average Bonchev–Trinajstić information content (AvgIpc) is 2.39. The number of hydrogen-bond acceptors (Lipinski definition) is 3. The van der Waals surface area contributed by atoms with Crippen LogP contribution < -0.4 is 10.6 Å². The topological polar surface area (TPSA) is 61.4 Å².